The average molecular weight is 229 g/mol. The minimum absolute atomic E-state index is 0.0457. The van der Waals surface area contributed by atoms with E-state index in [-0.39, 0.29) is 11.9 Å². The van der Waals surface area contributed by atoms with Crippen LogP contribution in [0.25, 0.3) is 0 Å². The van der Waals surface area contributed by atoms with Crippen molar-refractivity contribution in [2.45, 2.75) is 46.2 Å². The second-order valence-corrected chi connectivity index (χ2v) is 3.96. The first-order chi connectivity index (χ1) is 7.42. The lowest BCUT2D eigenvalue weighted by Gasteiger charge is -2.22. The first-order valence-corrected chi connectivity index (χ1v) is 5.75. The molecule has 3 N–H and O–H groups in total. The van der Waals surface area contributed by atoms with Gasteiger partial charge in [0.2, 0.25) is 11.8 Å². The van der Waals surface area contributed by atoms with Gasteiger partial charge in [-0.15, -0.1) is 0 Å². The second kappa shape index (κ2) is 7.22. The monoisotopic (exact) mass is 229 g/mol. The highest BCUT2D eigenvalue weighted by Gasteiger charge is 2.17. The van der Waals surface area contributed by atoms with Crippen molar-refractivity contribution >= 4 is 11.8 Å². The van der Waals surface area contributed by atoms with E-state index in [1.807, 2.05) is 20.8 Å². The van der Waals surface area contributed by atoms with Gasteiger partial charge in [0.05, 0.1) is 6.04 Å². The highest BCUT2D eigenvalue weighted by atomic mass is 16.2. The second-order valence-electron chi connectivity index (χ2n) is 3.96. The fourth-order valence-corrected chi connectivity index (χ4v) is 1.54. The molecule has 1 unspecified atom stereocenters. The highest BCUT2D eigenvalue weighted by molar-refractivity contribution is 5.80. The number of carbonyl (C=O) groups is 2. The molecule has 0 aromatic heterocycles. The van der Waals surface area contributed by atoms with Gasteiger partial charge in [-0.05, 0) is 27.7 Å². The molecule has 2 atom stereocenters. The molecule has 0 aliphatic carbocycles. The minimum Gasteiger partial charge on any atom is -0.368 e. The van der Waals surface area contributed by atoms with Crippen molar-refractivity contribution in [2.24, 2.45) is 5.73 Å². The van der Waals surface area contributed by atoms with Crippen LogP contribution in [0.5, 0.6) is 0 Å². The van der Waals surface area contributed by atoms with Crippen molar-refractivity contribution in [1.29, 1.82) is 0 Å². The summed E-state index contributed by atoms with van der Waals surface area (Å²) >= 11 is 0. The van der Waals surface area contributed by atoms with Crippen LogP contribution in [-0.4, -0.2) is 41.9 Å². The van der Waals surface area contributed by atoms with Gasteiger partial charge in [0.1, 0.15) is 0 Å². The third kappa shape index (κ3) is 5.11. The Morgan fingerprint density at radius 3 is 2.12 bits per heavy atom. The zero-order valence-corrected chi connectivity index (χ0v) is 10.6. The van der Waals surface area contributed by atoms with E-state index in [1.165, 1.54) is 0 Å². The van der Waals surface area contributed by atoms with Crippen LogP contribution >= 0.6 is 0 Å². The molecule has 0 bridgehead atoms. The molecule has 0 saturated heterocycles. The predicted octanol–water partition coefficient (Wildman–Crippen LogP) is 0.0968. The SMILES string of the molecule is CCN(CC)C(=O)CC(C)N[C@@H](C)C(N)=O. The fraction of sp³-hybridized carbons (Fsp3) is 0.818. The molecule has 0 saturated carbocycles. The number of nitrogens with two attached hydrogens (primary N) is 1. The van der Waals surface area contributed by atoms with E-state index in [0.29, 0.717) is 19.5 Å². The summed E-state index contributed by atoms with van der Waals surface area (Å²) in [7, 11) is 0. The summed E-state index contributed by atoms with van der Waals surface area (Å²) in [5.41, 5.74) is 5.13. The Kier molecular flexibility index (Phi) is 6.72. The minimum atomic E-state index is -0.403. The smallest absolute Gasteiger partial charge is 0.234 e. The van der Waals surface area contributed by atoms with Gasteiger partial charge in [-0.25, -0.2) is 0 Å². The topological polar surface area (TPSA) is 75.4 Å². The lowest BCUT2D eigenvalue weighted by Crippen LogP contribution is -2.45. The van der Waals surface area contributed by atoms with Crippen molar-refractivity contribution in [3.63, 3.8) is 0 Å². The number of carbonyl (C=O) groups excluding carboxylic acids is 2. The first kappa shape index (κ1) is 14.9. The predicted molar refractivity (Wildman–Crippen MR) is 63.8 cm³/mol. The van der Waals surface area contributed by atoms with E-state index in [4.69, 9.17) is 5.73 Å². The molecule has 0 aliphatic rings. The van der Waals surface area contributed by atoms with E-state index >= 15 is 0 Å². The van der Waals surface area contributed by atoms with Gasteiger partial charge in [0.25, 0.3) is 0 Å². The van der Waals surface area contributed by atoms with Gasteiger partial charge in [0.15, 0.2) is 0 Å². The van der Waals surface area contributed by atoms with Gasteiger partial charge >= 0.3 is 0 Å². The summed E-state index contributed by atoms with van der Waals surface area (Å²) in [5, 5.41) is 2.99. The number of nitrogens with zero attached hydrogens (tertiary/aromatic N) is 1. The molecule has 0 heterocycles. The normalized spacial score (nSPS) is 14.2. The van der Waals surface area contributed by atoms with Gasteiger partial charge in [0, 0.05) is 25.6 Å². The molecule has 5 heteroatoms. The lowest BCUT2D eigenvalue weighted by atomic mass is 10.2. The van der Waals surface area contributed by atoms with E-state index in [0.717, 1.165) is 0 Å². The summed E-state index contributed by atoms with van der Waals surface area (Å²) < 4.78 is 0. The third-order valence-electron chi connectivity index (χ3n) is 2.56. The Morgan fingerprint density at radius 2 is 1.75 bits per heavy atom. The van der Waals surface area contributed by atoms with Gasteiger partial charge in [-0.2, -0.15) is 0 Å². The van der Waals surface area contributed by atoms with Crippen LogP contribution in [0.2, 0.25) is 0 Å². The molecule has 0 radical (unpaired) electrons. The van der Waals surface area contributed by atoms with Gasteiger partial charge in [-0.3, -0.25) is 9.59 Å². The first-order valence-electron chi connectivity index (χ1n) is 5.75. The molecule has 0 aromatic carbocycles. The standard InChI is InChI=1S/C11H23N3O2/c1-5-14(6-2)10(15)7-8(3)13-9(4)11(12)16/h8-9,13H,5-7H2,1-4H3,(H2,12,16)/t8?,9-/m0/s1. The van der Waals surface area contributed by atoms with Crippen molar-refractivity contribution in [2.75, 3.05) is 13.1 Å². The van der Waals surface area contributed by atoms with Crippen LogP contribution in [-0.2, 0) is 9.59 Å². The fourth-order valence-electron chi connectivity index (χ4n) is 1.54. The molecule has 94 valence electrons. The summed E-state index contributed by atoms with van der Waals surface area (Å²) in [6, 6.07) is -0.449. The molecule has 16 heavy (non-hydrogen) atoms. The van der Waals surface area contributed by atoms with Crippen molar-refractivity contribution in [3.8, 4) is 0 Å². The van der Waals surface area contributed by atoms with Crippen LogP contribution in [0.1, 0.15) is 34.1 Å². The van der Waals surface area contributed by atoms with Gasteiger partial charge in [-0.1, -0.05) is 0 Å². The van der Waals surface area contributed by atoms with Gasteiger partial charge < -0.3 is 16.0 Å². The number of amides is 2. The van der Waals surface area contributed by atoms with Crippen LogP contribution in [0.15, 0.2) is 0 Å². The van der Waals surface area contributed by atoms with E-state index < -0.39 is 11.9 Å². The van der Waals surface area contributed by atoms with Crippen molar-refractivity contribution in [1.82, 2.24) is 10.2 Å². The van der Waals surface area contributed by atoms with Crippen LogP contribution in [0.4, 0.5) is 0 Å². The quantitative estimate of drug-likeness (QED) is 0.650. The number of nitrogens with one attached hydrogen (secondary N) is 1. The molecule has 0 aliphatic heterocycles. The van der Waals surface area contributed by atoms with Crippen LogP contribution < -0.4 is 11.1 Å². The Bertz CT molecular complexity index is 239. The van der Waals surface area contributed by atoms with Crippen molar-refractivity contribution < 1.29 is 9.59 Å². The molecular weight excluding hydrogens is 206 g/mol. The summed E-state index contributed by atoms with van der Waals surface area (Å²) in [5.74, 6) is -0.302. The van der Waals surface area contributed by atoms with Crippen LogP contribution in [0.3, 0.4) is 0 Å². The lowest BCUT2D eigenvalue weighted by molar-refractivity contribution is -0.131. The molecule has 0 rings (SSSR count). The molecule has 2 amide bonds. The molecular formula is C11H23N3O2. The third-order valence-corrected chi connectivity index (χ3v) is 2.56. The number of primary amides is 1. The summed E-state index contributed by atoms with van der Waals surface area (Å²) in [6.07, 6.45) is 0.388. The van der Waals surface area contributed by atoms with E-state index in [1.54, 1.807) is 11.8 Å². The zero-order valence-electron chi connectivity index (χ0n) is 10.6. The maximum absolute atomic E-state index is 11.7. The number of rotatable bonds is 7. The largest absolute Gasteiger partial charge is 0.368 e. The van der Waals surface area contributed by atoms with E-state index in [2.05, 4.69) is 5.32 Å². The molecule has 0 spiro atoms. The Balaban J connectivity index is 4.08. The van der Waals surface area contributed by atoms with Crippen molar-refractivity contribution in [3.05, 3.63) is 0 Å². The molecule has 0 aromatic rings. The summed E-state index contributed by atoms with van der Waals surface area (Å²) in [6.45, 7) is 8.90. The highest BCUT2D eigenvalue weighted by Crippen LogP contribution is 1.99. The summed E-state index contributed by atoms with van der Waals surface area (Å²) in [4.78, 5) is 24.3. The maximum atomic E-state index is 11.7. The van der Waals surface area contributed by atoms with Crippen LogP contribution in [0, 0.1) is 0 Å². The number of hydrogen-bond donors (Lipinski definition) is 2. The average Bonchev–Trinajstić information content (AvgIpc) is 2.18. The van der Waals surface area contributed by atoms with E-state index in [9.17, 15) is 9.59 Å². The Hall–Kier alpha value is -1.10. The zero-order chi connectivity index (χ0) is 12.7. The Labute approximate surface area is 97.4 Å². The molecule has 0 fully saturated rings. The maximum Gasteiger partial charge on any atom is 0.234 e. The number of hydrogen-bond acceptors (Lipinski definition) is 3. The Morgan fingerprint density at radius 1 is 1.25 bits per heavy atom. The molecule has 5 nitrogen and oxygen atoms in total.